The lowest BCUT2D eigenvalue weighted by molar-refractivity contribution is 0.186. The Hall–Kier alpha value is -2.78. The zero-order valence-electron chi connectivity index (χ0n) is 16.3. The van der Waals surface area contributed by atoms with Crippen molar-refractivity contribution in [3.8, 4) is 0 Å². The van der Waals surface area contributed by atoms with Crippen LogP contribution in [0, 0.1) is 0 Å². The van der Waals surface area contributed by atoms with Gasteiger partial charge in [-0.25, -0.2) is 4.98 Å². The van der Waals surface area contributed by atoms with Crippen LogP contribution in [0.15, 0.2) is 35.5 Å². The molecule has 3 heterocycles. The van der Waals surface area contributed by atoms with Crippen molar-refractivity contribution in [3.63, 3.8) is 0 Å². The summed E-state index contributed by atoms with van der Waals surface area (Å²) in [5.41, 5.74) is 2.81. The molecule has 148 valence electrons. The van der Waals surface area contributed by atoms with Gasteiger partial charge in [-0.2, -0.15) is 15.0 Å². The number of fused-ring (bicyclic) bond motifs is 1. The van der Waals surface area contributed by atoms with E-state index in [1.807, 2.05) is 31.4 Å². The first-order valence-corrected chi connectivity index (χ1v) is 9.44. The molecule has 0 amide bonds. The Bertz CT molecular complexity index is 1000. The second-order valence-electron chi connectivity index (χ2n) is 7.03. The van der Waals surface area contributed by atoms with Crippen molar-refractivity contribution in [1.29, 1.82) is 0 Å². The Morgan fingerprint density at radius 3 is 2.71 bits per heavy atom. The van der Waals surface area contributed by atoms with Crippen LogP contribution in [-0.2, 0) is 24.9 Å². The smallest absolute Gasteiger partial charge is 0.261 e. The fourth-order valence-electron chi connectivity index (χ4n) is 3.55. The van der Waals surface area contributed by atoms with Crippen molar-refractivity contribution < 1.29 is 4.74 Å². The van der Waals surface area contributed by atoms with E-state index in [2.05, 4.69) is 25.0 Å². The largest absolute Gasteiger partial charge is 0.383 e. The molecule has 0 unspecified atom stereocenters. The van der Waals surface area contributed by atoms with E-state index in [1.54, 1.807) is 22.8 Å². The molecular formula is C19H25N7O2. The summed E-state index contributed by atoms with van der Waals surface area (Å²) >= 11 is 0. The van der Waals surface area contributed by atoms with Crippen molar-refractivity contribution >= 4 is 16.6 Å². The van der Waals surface area contributed by atoms with Gasteiger partial charge in [-0.15, -0.1) is 0 Å². The molecule has 0 radical (unpaired) electrons. The highest BCUT2D eigenvalue weighted by atomic mass is 16.5. The minimum absolute atomic E-state index is 0.0256. The standard InChI is InChI=1S/C19H25N7O2/c1-23-21-12-15(22-23)13-24-5-7-25(8-6-24)16-3-4-17-18(11-16)20-14-26(19(17)27)9-10-28-2/h3-4,11-12,14H,5-10,13H2,1-2H3. The normalized spacial score (nSPS) is 15.4. The molecule has 2 aromatic heterocycles. The number of piperazine rings is 1. The molecule has 0 spiro atoms. The molecule has 1 saturated heterocycles. The van der Waals surface area contributed by atoms with Gasteiger partial charge in [0.25, 0.3) is 5.56 Å². The summed E-state index contributed by atoms with van der Waals surface area (Å²) in [4.78, 5) is 23.4. The monoisotopic (exact) mass is 383 g/mol. The van der Waals surface area contributed by atoms with Gasteiger partial charge in [0.15, 0.2) is 0 Å². The molecule has 1 aromatic carbocycles. The first kappa shape index (κ1) is 18.6. The Morgan fingerprint density at radius 1 is 1.18 bits per heavy atom. The predicted molar refractivity (Wildman–Crippen MR) is 106 cm³/mol. The lowest BCUT2D eigenvalue weighted by Gasteiger charge is -2.35. The summed E-state index contributed by atoms with van der Waals surface area (Å²) in [5, 5.41) is 9.13. The minimum Gasteiger partial charge on any atom is -0.383 e. The highest BCUT2D eigenvalue weighted by Gasteiger charge is 2.19. The molecule has 1 fully saturated rings. The molecule has 0 aliphatic carbocycles. The molecule has 0 N–H and O–H groups in total. The second kappa shape index (κ2) is 8.07. The van der Waals surface area contributed by atoms with Crippen LogP contribution in [0.3, 0.4) is 0 Å². The zero-order valence-corrected chi connectivity index (χ0v) is 16.3. The quantitative estimate of drug-likeness (QED) is 0.613. The van der Waals surface area contributed by atoms with Crippen LogP contribution in [-0.4, -0.2) is 69.3 Å². The second-order valence-corrected chi connectivity index (χ2v) is 7.03. The Balaban J connectivity index is 1.44. The number of benzene rings is 1. The van der Waals surface area contributed by atoms with E-state index in [0.717, 1.165) is 49.6 Å². The maximum Gasteiger partial charge on any atom is 0.261 e. The van der Waals surface area contributed by atoms with E-state index in [0.29, 0.717) is 18.5 Å². The van der Waals surface area contributed by atoms with Gasteiger partial charge in [0.1, 0.15) is 0 Å². The minimum atomic E-state index is -0.0256. The van der Waals surface area contributed by atoms with E-state index in [1.165, 1.54) is 0 Å². The Kier molecular flexibility index (Phi) is 5.36. The first-order chi connectivity index (χ1) is 13.6. The number of aryl methyl sites for hydroxylation is 1. The van der Waals surface area contributed by atoms with Gasteiger partial charge in [0, 0.05) is 52.6 Å². The van der Waals surface area contributed by atoms with Gasteiger partial charge in [-0.3, -0.25) is 14.3 Å². The summed E-state index contributed by atoms with van der Waals surface area (Å²) in [6.07, 6.45) is 3.42. The third-order valence-electron chi connectivity index (χ3n) is 5.12. The van der Waals surface area contributed by atoms with Gasteiger partial charge >= 0.3 is 0 Å². The van der Waals surface area contributed by atoms with Gasteiger partial charge in [-0.05, 0) is 18.2 Å². The Labute approximate surface area is 163 Å². The number of rotatable bonds is 6. The van der Waals surface area contributed by atoms with E-state index >= 15 is 0 Å². The fourth-order valence-corrected chi connectivity index (χ4v) is 3.55. The fraction of sp³-hybridized carbons (Fsp3) is 0.474. The van der Waals surface area contributed by atoms with Gasteiger partial charge in [0.2, 0.25) is 0 Å². The number of hydrogen-bond donors (Lipinski definition) is 0. The molecular weight excluding hydrogens is 358 g/mol. The zero-order chi connectivity index (χ0) is 19.5. The van der Waals surface area contributed by atoms with Crippen LogP contribution >= 0.6 is 0 Å². The molecule has 3 aromatic rings. The van der Waals surface area contributed by atoms with Crippen LogP contribution < -0.4 is 10.5 Å². The molecule has 0 atom stereocenters. The number of methoxy groups -OCH3 is 1. The van der Waals surface area contributed by atoms with Crippen molar-refractivity contribution in [2.24, 2.45) is 7.05 Å². The average molecular weight is 383 g/mol. The third kappa shape index (κ3) is 3.90. The molecule has 9 nitrogen and oxygen atoms in total. The molecule has 0 bridgehead atoms. The van der Waals surface area contributed by atoms with E-state index in [9.17, 15) is 4.79 Å². The van der Waals surface area contributed by atoms with Crippen molar-refractivity contribution in [2.45, 2.75) is 13.1 Å². The molecule has 9 heteroatoms. The number of nitrogens with zero attached hydrogens (tertiary/aromatic N) is 7. The molecule has 28 heavy (non-hydrogen) atoms. The van der Waals surface area contributed by atoms with Crippen molar-refractivity contribution in [3.05, 3.63) is 46.8 Å². The van der Waals surface area contributed by atoms with Crippen molar-refractivity contribution in [2.75, 3.05) is 44.8 Å². The Morgan fingerprint density at radius 2 is 2.00 bits per heavy atom. The summed E-state index contributed by atoms with van der Waals surface area (Å²) in [6.45, 7) is 5.59. The van der Waals surface area contributed by atoms with E-state index < -0.39 is 0 Å². The predicted octanol–water partition coefficient (Wildman–Crippen LogP) is 0.494. The molecule has 1 aliphatic rings. The molecule has 1 aliphatic heterocycles. The maximum absolute atomic E-state index is 12.6. The number of aromatic nitrogens is 5. The number of hydrogen-bond acceptors (Lipinski definition) is 7. The summed E-state index contributed by atoms with van der Waals surface area (Å²) in [5.74, 6) is 0. The topological polar surface area (TPSA) is 81.3 Å². The highest BCUT2D eigenvalue weighted by molar-refractivity contribution is 5.81. The van der Waals surface area contributed by atoms with Crippen LogP contribution in [0.1, 0.15) is 5.69 Å². The lowest BCUT2D eigenvalue weighted by atomic mass is 10.2. The van der Waals surface area contributed by atoms with Gasteiger partial charge in [0.05, 0.1) is 42.3 Å². The van der Waals surface area contributed by atoms with Crippen LogP contribution in [0.5, 0.6) is 0 Å². The van der Waals surface area contributed by atoms with Crippen molar-refractivity contribution in [1.82, 2.24) is 29.4 Å². The van der Waals surface area contributed by atoms with Gasteiger partial charge in [-0.1, -0.05) is 0 Å². The SMILES string of the molecule is COCCn1cnc2cc(N3CCN(Cc4cnn(C)n4)CC3)ccc2c1=O. The lowest BCUT2D eigenvalue weighted by Crippen LogP contribution is -2.46. The number of anilines is 1. The molecule has 0 saturated carbocycles. The summed E-state index contributed by atoms with van der Waals surface area (Å²) in [7, 11) is 3.46. The maximum atomic E-state index is 12.6. The molecule has 4 rings (SSSR count). The van der Waals surface area contributed by atoms with E-state index in [-0.39, 0.29) is 5.56 Å². The highest BCUT2D eigenvalue weighted by Crippen LogP contribution is 2.20. The first-order valence-electron chi connectivity index (χ1n) is 9.44. The van der Waals surface area contributed by atoms with Crippen LogP contribution in [0.2, 0.25) is 0 Å². The average Bonchev–Trinajstić information content (AvgIpc) is 3.12. The van der Waals surface area contributed by atoms with Crippen LogP contribution in [0.25, 0.3) is 10.9 Å². The summed E-state index contributed by atoms with van der Waals surface area (Å²) in [6, 6.07) is 5.91. The summed E-state index contributed by atoms with van der Waals surface area (Å²) < 4.78 is 6.65. The van der Waals surface area contributed by atoms with E-state index in [4.69, 9.17) is 4.74 Å². The third-order valence-corrected chi connectivity index (χ3v) is 5.12. The number of ether oxygens (including phenoxy) is 1. The van der Waals surface area contributed by atoms with Gasteiger partial charge < -0.3 is 9.64 Å². The van der Waals surface area contributed by atoms with Crippen LogP contribution in [0.4, 0.5) is 5.69 Å².